The highest BCUT2D eigenvalue weighted by Crippen LogP contribution is 2.35. The molecule has 1 atom stereocenters. The highest BCUT2D eigenvalue weighted by atomic mass is 32.1. The van der Waals surface area contributed by atoms with Crippen LogP contribution in [0.2, 0.25) is 0 Å². The minimum absolute atomic E-state index is 0.0615. The number of fused-ring (bicyclic) bond motifs is 3. The average molecular weight is 259 g/mol. The topological polar surface area (TPSA) is 58.7 Å². The zero-order valence-corrected chi connectivity index (χ0v) is 11.0. The molecule has 1 aliphatic carbocycles. The zero-order chi connectivity index (χ0) is 12.7. The van der Waals surface area contributed by atoms with Gasteiger partial charge in [0.2, 0.25) is 0 Å². The summed E-state index contributed by atoms with van der Waals surface area (Å²) in [6.07, 6.45) is 4.63. The van der Waals surface area contributed by atoms with Gasteiger partial charge in [0.15, 0.2) is 0 Å². The minimum atomic E-state index is -0.0615. The van der Waals surface area contributed by atoms with E-state index in [4.69, 9.17) is 5.26 Å². The van der Waals surface area contributed by atoms with Crippen LogP contribution >= 0.6 is 11.3 Å². The van der Waals surface area contributed by atoms with E-state index in [9.17, 15) is 4.79 Å². The van der Waals surface area contributed by atoms with E-state index < -0.39 is 0 Å². The number of hydrogen-bond donors (Lipinski definition) is 0. The van der Waals surface area contributed by atoms with Gasteiger partial charge in [-0.15, -0.1) is 11.3 Å². The van der Waals surface area contributed by atoms with Crippen molar-refractivity contribution in [1.29, 1.82) is 5.26 Å². The van der Waals surface area contributed by atoms with Gasteiger partial charge in [0, 0.05) is 4.88 Å². The maximum Gasteiger partial charge on any atom is 0.263 e. The molecule has 1 unspecified atom stereocenters. The molecule has 2 aromatic heterocycles. The number of nitriles is 1. The Balaban J connectivity index is 2.26. The Hall–Kier alpha value is -1.67. The van der Waals surface area contributed by atoms with Gasteiger partial charge < -0.3 is 0 Å². The summed E-state index contributed by atoms with van der Waals surface area (Å²) in [6, 6.07) is 2.00. The molecule has 92 valence electrons. The van der Waals surface area contributed by atoms with Gasteiger partial charge in [-0.1, -0.05) is 6.92 Å². The first-order chi connectivity index (χ1) is 8.70. The molecule has 1 aliphatic rings. The fraction of sp³-hybridized carbons (Fsp3) is 0.462. The average Bonchev–Trinajstić information content (AvgIpc) is 2.71. The lowest BCUT2D eigenvalue weighted by molar-refractivity contribution is 0.509. The van der Waals surface area contributed by atoms with E-state index in [1.54, 1.807) is 11.3 Å². The molecule has 0 aliphatic heterocycles. The molecule has 0 saturated carbocycles. The second-order valence-electron chi connectivity index (χ2n) is 4.87. The van der Waals surface area contributed by atoms with Crippen LogP contribution in [-0.2, 0) is 19.4 Å². The predicted octanol–water partition coefficient (Wildman–Crippen LogP) is 2.11. The molecule has 2 heterocycles. The molecular formula is C13H13N3OS. The first kappa shape index (κ1) is 11.4. The summed E-state index contributed by atoms with van der Waals surface area (Å²) in [7, 11) is 0. The van der Waals surface area contributed by atoms with Crippen molar-refractivity contribution in [2.75, 3.05) is 0 Å². The molecule has 2 aromatic rings. The lowest BCUT2D eigenvalue weighted by Crippen LogP contribution is -2.21. The van der Waals surface area contributed by atoms with Crippen molar-refractivity contribution in [3.63, 3.8) is 0 Å². The van der Waals surface area contributed by atoms with Crippen molar-refractivity contribution in [3.8, 4) is 6.07 Å². The summed E-state index contributed by atoms with van der Waals surface area (Å²) >= 11 is 1.64. The Morgan fingerprint density at radius 1 is 1.67 bits per heavy atom. The Kier molecular flexibility index (Phi) is 2.67. The van der Waals surface area contributed by atoms with Crippen molar-refractivity contribution in [2.24, 2.45) is 5.92 Å². The first-order valence-corrected chi connectivity index (χ1v) is 6.89. The van der Waals surface area contributed by atoms with Gasteiger partial charge in [-0.2, -0.15) is 5.26 Å². The number of aryl methyl sites for hydroxylation is 1. The summed E-state index contributed by atoms with van der Waals surface area (Å²) < 4.78 is 1.40. The van der Waals surface area contributed by atoms with E-state index in [0.29, 0.717) is 5.92 Å². The SMILES string of the molecule is CC1CCc2c(sc3ncn(CC#N)c(=O)c23)C1. The van der Waals surface area contributed by atoms with Crippen LogP contribution in [0.25, 0.3) is 10.2 Å². The predicted molar refractivity (Wildman–Crippen MR) is 70.7 cm³/mol. The normalized spacial score (nSPS) is 18.6. The molecule has 0 saturated heterocycles. The number of thiophene rings is 1. The summed E-state index contributed by atoms with van der Waals surface area (Å²) in [4.78, 5) is 18.8. The van der Waals surface area contributed by atoms with Crippen LogP contribution in [0.1, 0.15) is 23.8 Å². The molecule has 0 N–H and O–H groups in total. The molecule has 0 spiro atoms. The molecule has 4 nitrogen and oxygen atoms in total. The second-order valence-corrected chi connectivity index (χ2v) is 5.95. The highest BCUT2D eigenvalue weighted by Gasteiger charge is 2.22. The Morgan fingerprint density at radius 3 is 3.28 bits per heavy atom. The molecule has 0 amide bonds. The van der Waals surface area contributed by atoms with E-state index in [1.165, 1.54) is 21.3 Å². The highest BCUT2D eigenvalue weighted by molar-refractivity contribution is 7.18. The van der Waals surface area contributed by atoms with E-state index in [1.807, 2.05) is 6.07 Å². The lowest BCUT2D eigenvalue weighted by Gasteiger charge is -2.17. The maximum absolute atomic E-state index is 12.3. The van der Waals surface area contributed by atoms with Crippen LogP contribution < -0.4 is 5.56 Å². The molecule has 0 radical (unpaired) electrons. The smallest absolute Gasteiger partial charge is 0.263 e. The first-order valence-electron chi connectivity index (χ1n) is 6.07. The van der Waals surface area contributed by atoms with Crippen LogP contribution in [0, 0.1) is 17.2 Å². The monoisotopic (exact) mass is 259 g/mol. The van der Waals surface area contributed by atoms with Crippen LogP contribution in [0.4, 0.5) is 0 Å². The van der Waals surface area contributed by atoms with Gasteiger partial charge in [-0.25, -0.2) is 4.98 Å². The maximum atomic E-state index is 12.3. The van der Waals surface area contributed by atoms with Crippen molar-refractivity contribution in [1.82, 2.24) is 9.55 Å². The fourth-order valence-corrected chi connectivity index (χ4v) is 3.90. The largest absolute Gasteiger partial charge is 0.285 e. The van der Waals surface area contributed by atoms with E-state index in [0.717, 1.165) is 29.5 Å². The van der Waals surface area contributed by atoms with Crippen molar-refractivity contribution in [3.05, 3.63) is 27.1 Å². The summed E-state index contributed by atoms with van der Waals surface area (Å²) in [5.41, 5.74) is 1.12. The minimum Gasteiger partial charge on any atom is -0.285 e. The van der Waals surface area contributed by atoms with E-state index >= 15 is 0 Å². The summed E-state index contributed by atoms with van der Waals surface area (Å²) in [5.74, 6) is 0.687. The van der Waals surface area contributed by atoms with E-state index in [2.05, 4.69) is 11.9 Å². The quantitative estimate of drug-likeness (QED) is 0.788. The number of hydrogen-bond acceptors (Lipinski definition) is 4. The third kappa shape index (κ3) is 1.65. The van der Waals surface area contributed by atoms with Gasteiger partial charge >= 0.3 is 0 Å². The molecular weight excluding hydrogens is 246 g/mol. The second kappa shape index (κ2) is 4.21. The molecule has 5 heteroatoms. The summed E-state index contributed by atoms with van der Waals surface area (Å²) in [5, 5.41) is 9.45. The fourth-order valence-electron chi connectivity index (χ4n) is 2.55. The molecule has 18 heavy (non-hydrogen) atoms. The van der Waals surface area contributed by atoms with Gasteiger partial charge in [0.05, 0.1) is 11.5 Å². The lowest BCUT2D eigenvalue weighted by atomic mass is 9.89. The molecule has 0 bridgehead atoms. The van der Waals surface area contributed by atoms with Crippen molar-refractivity contribution in [2.45, 2.75) is 32.7 Å². The van der Waals surface area contributed by atoms with Crippen LogP contribution in [0.5, 0.6) is 0 Å². The Morgan fingerprint density at radius 2 is 2.50 bits per heavy atom. The van der Waals surface area contributed by atoms with Gasteiger partial charge in [0.1, 0.15) is 17.7 Å². The van der Waals surface area contributed by atoms with Gasteiger partial charge in [-0.05, 0) is 30.7 Å². The van der Waals surface area contributed by atoms with Crippen LogP contribution in [0.3, 0.4) is 0 Å². The van der Waals surface area contributed by atoms with Crippen LogP contribution in [-0.4, -0.2) is 9.55 Å². The standard InChI is InChI=1S/C13H13N3OS/c1-8-2-3-9-10(6-8)18-12-11(9)13(17)16(5-4-14)7-15-12/h7-8H,2-3,5-6H2,1H3. The molecule has 3 rings (SSSR count). The number of nitrogens with zero attached hydrogens (tertiary/aromatic N) is 3. The Bertz CT molecular complexity index is 707. The van der Waals surface area contributed by atoms with E-state index in [-0.39, 0.29) is 12.1 Å². The molecule has 0 aromatic carbocycles. The third-order valence-corrected chi connectivity index (χ3v) is 4.69. The number of rotatable bonds is 1. The zero-order valence-electron chi connectivity index (χ0n) is 10.1. The third-order valence-electron chi connectivity index (χ3n) is 3.52. The Labute approximate surface area is 109 Å². The number of aromatic nitrogens is 2. The summed E-state index contributed by atoms with van der Waals surface area (Å²) in [6.45, 7) is 2.32. The van der Waals surface area contributed by atoms with Crippen molar-refractivity contribution >= 4 is 21.6 Å². The van der Waals surface area contributed by atoms with Crippen LogP contribution in [0.15, 0.2) is 11.1 Å². The van der Waals surface area contributed by atoms with Gasteiger partial charge in [0.25, 0.3) is 5.56 Å². The molecule has 0 fully saturated rings. The van der Waals surface area contributed by atoms with Gasteiger partial charge in [-0.3, -0.25) is 9.36 Å². The van der Waals surface area contributed by atoms with Crippen molar-refractivity contribution < 1.29 is 0 Å².